The van der Waals surface area contributed by atoms with Gasteiger partial charge in [-0.2, -0.15) is 0 Å². The molecule has 0 aromatic heterocycles. The quantitative estimate of drug-likeness (QED) is 0.137. The van der Waals surface area contributed by atoms with Crippen LogP contribution in [0.2, 0.25) is 0 Å². The van der Waals surface area contributed by atoms with Gasteiger partial charge in [0.15, 0.2) is 17.5 Å². The molecule has 0 aliphatic carbocycles. The number of rotatable bonds is 3. The van der Waals surface area contributed by atoms with Crippen molar-refractivity contribution in [3.05, 3.63) is 126 Å². The Hall–Kier alpha value is -2.87. The number of hydrogen-bond donors (Lipinski definition) is 1. The molecule has 4 aromatic rings. The molecule has 9 heteroatoms. The fourth-order valence-corrected chi connectivity index (χ4v) is 6.17. The zero-order valence-electron chi connectivity index (χ0n) is 17.2. The molecule has 2 nitrogen and oxygen atoms in total. The molecule has 0 saturated heterocycles. The normalized spacial score (nSPS) is 10.6. The van der Waals surface area contributed by atoms with Crippen LogP contribution in [0.15, 0.2) is 91.0 Å². The van der Waals surface area contributed by atoms with Gasteiger partial charge in [-0.25, -0.2) is 22.0 Å². The summed E-state index contributed by atoms with van der Waals surface area (Å²) >= 11 is 0. The van der Waals surface area contributed by atoms with Gasteiger partial charge in [0, 0.05) is 19.5 Å². The smallest absolute Gasteiger partial charge is 0.285 e. The van der Waals surface area contributed by atoms with E-state index in [1.807, 2.05) is 91.0 Å². The van der Waals surface area contributed by atoms with Crippen molar-refractivity contribution in [3.8, 4) is 0 Å². The first-order chi connectivity index (χ1) is 15.3. The third-order valence-corrected chi connectivity index (χ3v) is 8.29. The van der Waals surface area contributed by atoms with E-state index in [1.54, 1.807) is 0 Å². The van der Waals surface area contributed by atoms with Crippen LogP contribution in [0.4, 0.5) is 27.6 Å². The van der Waals surface area contributed by atoms with Crippen LogP contribution >= 0.6 is 0 Å². The molecule has 0 atom stereocenters. The molecule has 0 aliphatic rings. The summed E-state index contributed by atoms with van der Waals surface area (Å²) in [5, 5.41) is 3.03. The Kier molecular flexibility index (Phi) is 9.05. The van der Waals surface area contributed by atoms with Crippen molar-refractivity contribution in [1.82, 2.24) is 0 Å². The molecular weight excluding hydrogens is 507 g/mol. The predicted molar refractivity (Wildman–Crippen MR) is 116 cm³/mol. The summed E-state index contributed by atoms with van der Waals surface area (Å²) in [7, 11) is -2.88. The summed E-state index contributed by atoms with van der Waals surface area (Å²) in [6.45, 7) is 0. The largest absolute Gasteiger partial charge is 0.694 e. The van der Waals surface area contributed by atoms with Gasteiger partial charge >= 0.3 is 0 Å². The zero-order valence-corrected chi connectivity index (χ0v) is 21.2. The van der Waals surface area contributed by atoms with E-state index in [4.69, 9.17) is 5.73 Å². The van der Waals surface area contributed by atoms with E-state index in [0.29, 0.717) is 0 Å². The Morgan fingerprint density at radius 3 is 1.00 bits per heavy atom. The van der Waals surface area contributed by atoms with Crippen LogP contribution < -0.4 is 15.6 Å². The Labute approximate surface area is 201 Å². The molecule has 2 N–H and O–H groups in total. The molecule has 0 fully saturated rings. The number of hydrogen-bond acceptors (Lipinski definition) is 1. The topological polar surface area (TPSA) is 44.0 Å². The molecule has 4 rings (SSSR count). The Morgan fingerprint density at radius 1 is 0.485 bits per heavy atom. The summed E-state index contributed by atoms with van der Waals surface area (Å²) in [5.41, 5.74) is 4.81. The standard InChI is InChI=1S/C18H16OSi.C6HF5N.Zn/c19-20(16-10-4-1-5-11-16,17-12-6-2-7-13-17)18-14-8-3-9-15-18;7-1-2(8)4(10)6(12)5(11)3(1)9;/h1-15,19H;12H;/q;-1;. The van der Waals surface area contributed by atoms with Gasteiger partial charge in [0.25, 0.3) is 8.32 Å². The SMILES string of the molecule is O[Si](c1ccccc1)(c1ccccc1)c1ccccc1.[NH-]c1c(F)c(F)c(F)c(F)c1F.[Zn]. The van der Waals surface area contributed by atoms with Gasteiger partial charge in [0.05, 0.1) is 0 Å². The van der Waals surface area contributed by atoms with Crippen LogP contribution in [0.3, 0.4) is 0 Å². The number of nitrogens with one attached hydrogen (secondary N) is 1. The fraction of sp³-hybridized carbons (Fsp3) is 0. The molecule has 0 unspecified atom stereocenters. The van der Waals surface area contributed by atoms with Gasteiger partial charge in [-0.3, -0.25) is 0 Å². The Bertz CT molecular complexity index is 996. The number of benzene rings is 4. The molecule has 0 spiro atoms. The van der Waals surface area contributed by atoms with Crippen molar-refractivity contribution >= 4 is 29.6 Å². The van der Waals surface area contributed by atoms with Crippen LogP contribution in [0, 0.1) is 29.1 Å². The first-order valence-electron chi connectivity index (χ1n) is 9.40. The van der Waals surface area contributed by atoms with E-state index in [1.165, 1.54) is 0 Å². The van der Waals surface area contributed by atoms with Crippen molar-refractivity contribution < 1.29 is 46.2 Å². The molecule has 0 heterocycles. The Morgan fingerprint density at radius 2 is 0.727 bits per heavy atom. The Balaban J connectivity index is 0.000000257. The van der Waals surface area contributed by atoms with E-state index in [0.717, 1.165) is 15.6 Å². The molecular formula is C24H17F5NOSiZn-. The maximum atomic E-state index is 12.2. The third-order valence-electron chi connectivity index (χ3n) is 4.78. The number of halogens is 5. The van der Waals surface area contributed by atoms with Crippen LogP contribution in [-0.2, 0) is 19.5 Å². The summed E-state index contributed by atoms with van der Waals surface area (Å²) in [6, 6.07) is 30.0. The van der Waals surface area contributed by atoms with Crippen molar-refractivity contribution in [2.75, 3.05) is 0 Å². The minimum absolute atomic E-state index is 0. The molecule has 0 radical (unpaired) electrons. The predicted octanol–water partition coefficient (Wildman–Crippen LogP) is 4.71. The summed E-state index contributed by atoms with van der Waals surface area (Å²) in [4.78, 5) is 11.6. The third kappa shape index (κ3) is 5.38. The zero-order chi connectivity index (χ0) is 23.3. The summed E-state index contributed by atoms with van der Waals surface area (Å²) < 4.78 is 60.9. The van der Waals surface area contributed by atoms with E-state index in [9.17, 15) is 26.7 Å². The van der Waals surface area contributed by atoms with Crippen LogP contribution in [0.1, 0.15) is 0 Å². The van der Waals surface area contributed by atoms with Gasteiger partial charge in [0.1, 0.15) is 11.6 Å². The van der Waals surface area contributed by atoms with Gasteiger partial charge in [0.2, 0.25) is 0 Å². The van der Waals surface area contributed by atoms with Gasteiger partial charge < -0.3 is 10.5 Å². The van der Waals surface area contributed by atoms with Gasteiger partial charge in [-0.1, -0.05) is 96.7 Å². The van der Waals surface area contributed by atoms with Gasteiger partial charge in [-0.05, 0) is 15.6 Å². The van der Waals surface area contributed by atoms with E-state index in [2.05, 4.69) is 0 Å². The maximum Gasteiger partial charge on any atom is 0.285 e. The second kappa shape index (κ2) is 11.3. The molecule has 0 saturated carbocycles. The van der Waals surface area contributed by atoms with Crippen LogP contribution in [0.5, 0.6) is 0 Å². The van der Waals surface area contributed by atoms with E-state index >= 15 is 0 Å². The first kappa shape index (κ1) is 26.4. The average molecular weight is 524 g/mol. The average Bonchev–Trinajstić information content (AvgIpc) is 2.86. The molecule has 33 heavy (non-hydrogen) atoms. The molecule has 0 amide bonds. The van der Waals surface area contributed by atoms with E-state index < -0.39 is 43.1 Å². The first-order valence-corrected chi connectivity index (χ1v) is 11.3. The summed E-state index contributed by atoms with van der Waals surface area (Å²) in [6.07, 6.45) is 0. The monoisotopic (exact) mass is 522 g/mol. The van der Waals surface area contributed by atoms with Gasteiger partial charge in [-0.15, -0.1) is 0 Å². The molecule has 0 bridgehead atoms. The maximum absolute atomic E-state index is 12.2. The molecule has 4 aromatic carbocycles. The van der Waals surface area contributed by atoms with Crippen LogP contribution in [-0.4, -0.2) is 13.1 Å². The van der Waals surface area contributed by atoms with Crippen molar-refractivity contribution in [3.63, 3.8) is 0 Å². The minimum atomic E-state index is -2.88. The van der Waals surface area contributed by atoms with Crippen molar-refractivity contribution in [2.45, 2.75) is 0 Å². The second-order valence-corrected chi connectivity index (χ2v) is 9.91. The molecule has 0 aliphatic heterocycles. The van der Waals surface area contributed by atoms with Crippen molar-refractivity contribution in [2.24, 2.45) is 0 Å². The van der Waals surface area contributed by atoms with Crippen LogP contribution in [0.25, 0.3) is 5.73 Å². The summed E-state index contributed by atoms with van der Waals surface area (Å²) in [5.74, 6) is -10.7. The molecule has 166 valence electrons. The second-order valence-electron chi connectivity index (χ2n) is 6.75. The van der Waals surface area contributed by atoms with E-state index in [-0.39, 0.29) is 19.5 Å². The fourth-order valence-electron chi connectivity index (χ4n) is 3.14. The van der Waals surface area contributed by atoms with Crippen molar-refractivity contribution in [1.29, 1.82) is 0 Å². The minimum Gasteiger partial charge on any atom is -0.694 e.